The van der Waals surface area contributed by atoms with E-state index in [0.29, 0.717) is 37.7 Å². The second-order valence-electron chi connectivity index (χ2n) is 6.37. The van der Waals surface area contributed by atoms with E-state index < -0.39 is 0 Å². The van der Waals surface area contributed by atoms with Crippen molar-refractivity contribution in [1.82, 2.24) is 15.0 Å². The van der Waals surface area contributed by atoms with E-state index >= 15 is 0 Å². The number of carbonyl (C=O) groups is 2. The SMILES string of the molecule is O=C(OCc1ccccc1)N1CCN(C(=O)c2cc(-c3ccco3)on2)CC1. The summed E-state index contributed by atoms with van der Waals surface area (Å²) in [5.74, 6) is 0.674. The van der Waals surface area contributed by atoms with Gasteiger partial charge in [-0.15, -0.1) is 0 Å². The van der Waals surface area contributed by atoms with Crippen LogP contribution in [0.4, 0.5) is 4.79 Å². The number of hydrogen-bond acceptors (Lipinski definition) is 6. The van der Waals surface area contributed by atoms with Crippen LogP contribution < -0.4 is 0 Å². The number of rotatable bonds is 4. The molecule has 0 saturated carbocycles. The van der Waals surface area contributed by atoms with E-state index in [4.69, 9.17) is 13.7 Å². The van der Waals surface area contributed by atoms with E-state index in [9.17, 15) is 9.59 Å². The molecule has 0 atom stereocenters. The van der Waals surface area contributed by atoms with E-state index in [1.54, 1.807) is 28.0 Å². The van der Waals surface area contributed by atoms with E-state index in [0.717, 1.165) is 5.56 Å². The number of benzene rings is 1. The van der Waals surface area contributed by atoms with Crippen molar-refractivity contribution >= 4 is 12.0 Å². The lowest BCUT2D eigenvalue weighted by atomic mass is 10.2. The van der Waals surface area contributed by atoms with Crippen LogP contribution in [0.5, 0.6) is 0 Å². The number of piperazine rings is 1. The van der Waals surface area contributed by atoms with E-state index in [-0.39, 0.29) is 24.3 Å². The minimum atomic E-state index is -0.377. The summed E-state index contributed by atoms with van der Waals surface area (Å²) in [6, 6.07) is 14.5. The number of aromatic nitrogens is 1. The van der Waals surface area contributed by atoms with Crippen molar-refractivity contribution in [2.75, 3.05) is 26.2 Å². The van der Waals surface area contributed by atoms with Crippen molar-refractivity contribution in [2.24, 2.45) is 0 Å². The number of hydrogen-bond donors (Lipinski definition) is 0. The number of ether oxygens (including phenoxy) is 1. The second-order valence-corrected chi connectivity index (χ2v) is 6.37. The van der Waals surface area contributed by atoms with Crippen LogP contribution in [0.2, 0.25) is 0 Å². The zero-order valence-electron chi connectivity index (χ0n) is 15.1. The Labute approximate surface area is 161 Å². The Morgan fingerprint density at radius 3 is 2.43 bits per heavy atom. The summed E-state index contributed by atoms with van der Waals surface area (Å²) in [6.45, 7) is 1.85. The van der Waals surface area contributed by atoms with Crippen molar-refractivity contribution in [3.05, 3.63) is 66.1 Å². The normalized spacial score (nSPS) is 14.1. The first kappa shape index (κ1) is 17.8. The molecule has 1 aliphatic heterocycles. The van der Waals surface area contributed by atoms with Gasteiger partial charge in [0.1, 0.15) is 6.61 Å². The highest BCUT2D eigenvalue weighted by molar-refractivity contribution is 5.93. The fourth-order valence-corrected chi connectivity index (χ4v) is 2.98. The van der Waals surface area contributed by atoms with Crippen LogP contribution in [0.15, 0.2) is 63.7 Å². The molecule has 0 radical (unpaired) electrons. The molecule has 0 aliphatic carbocycles. The molecular formula is C20H19N3O5. The molecule has 1 aromatic carbocycles. The summed E-state index contributed by atoms with van der Waals surface area (Å²) in [4.78, 5) is 28.1. The van der Waals surface area contributed by atoms with Crippen LogP contribution >= 0.6 is 0 Å². The summed E-state index contributed by atoms with van der Waals surface area (Å²) >= 11 is 0. The van der Waals surface area contributed by atoms with Gasteiger partial charge in [-0.25, -0.2) is 4.79 Å². The van der Waals surface area contributed by atoms with Crippen molar-refractivity contribution in [3.63, 3.8) is 0 Å². The summed E-state index contributed by atoms with van der Waals surface area (Å²) in [5, 5.41) is 3.83. The standard InChI is InChI=1S/C20H19N3O5/c24-19(16-13-18(28-21-16)17-7-4-12-26-17)22-8-10-23(11-9-22)20(25)27-14-15-5-2-1-3-6-15/h1-7,12-13H,8-11,14H2. The Kier molecular flexibility index (Phi) is 5.09. The molecule has 144 valence electrons. The molecule has 4 rings (SSSR count). The Morgan fingerprint density at radius 1 is 0.964 bits per heavy atom. The molecule has 1 fully saturated rings. The van der Waals surface area contributed by atoms with Crippen molar-refractivity contribution in [3.8, 4) is 11.5 Å². The van der Waals surface area contributed by atoms with Crippen molar-refractivity contribution in [1.29, 1.82) is 0 Å². The third kappa shape index (κ3) is 3.90. The number of amides is 2. The lowest BCUT2D eigenvalue weighted by molar-refractivity contribution is 0.0536. The molecule has 8 heteroatoms. The highest BCUT2D eigenvalue weighted by atomic mass is 16.6. The maximum atomic E-state index is 12.6. The van der Waals surface area contributed by atoms with Crippen molar-refractivity contribution in [2.45, 2.75) is 6.61 Å². The smallest absolute Gasteiger partial charge is 0.410 e. The Hall–Kier alpha value is -3.55. The molecule has 0 spiro atoms. The van der Waals surface area contributed by atoms with Gasteiger partial charge in [0.25, 0.3) is 5.91 Å². The second kappa shape index (κ2) is 7.99. The maximum Gasteiger partial charge on any atom is 0.410 e. The van der Waals surface area contributed by atoms with Gasteiger partial charge in [0.15, 0.2) is 11.5 Å². The van der Waals surface area contributed by atoms with E-state index in [1.165, 1.54) is 6.26 Å². The first-order valence-electron chi connectivity index (χ1n) is 8.96. The van der Waals surface area contributed by atoms with Crippen LogP contribution in [-0.4, -0.2) is 53.1 Å². The molecule has 2 amide bonds. The monoisotopic (exact) mass is 381 g/mol. The predicted octanol–water partition coefficient (Wildman–Crippen LogP) is 3.03. The van der Waals surface area contributed by atoms with Gasteiger partial charge in [-0.1, -0.05) is 35.5 Å². The summed E-state index contributed by atoms with van der Waals surface area (Å²) in [7, 11) is 0. The number of nitrogens with zero attached hydrogens (tertiary/aromatic N) is 3. The largest absolute Gasteiger partial charge is 0.461 e. The highest BCUT2D eigenvalue weighted by Gasteiger charge is 2.27. The van der Waals surface area contributed by atoms with Crippen LogP contribution in [0.25, 0.3) is 11.5 Å². The molecule has 1 saturated heterocycles. The molecular weight excluding hydrogens is 362 g/mol. The maximum absolute atomic E-state index is 12.6. The van der Waals surface area contributed by atoms with Gasteiger partial charge in [0, 0.05) is 32.2 Å². The number of furan rings is 1. The minimum Gasteiger partial charge on any atom is -0.461 e. The Bertz CT molecular complexity index is 928. The lowest BCUT2D eigenvalue weighted by Gasteiger charge is -2.33. The van der Waals surface area contributed by atoms with Crippen LogP contribution in [0.1, 0.15) is 16.1 Å². The van der Waals surface area contributed by atoms with Gasteiger partial charge in [-0.3, -0.25) is 4.79 Å². The molecule has 0 bridgehead atoms. The fourth-order valence-electron chi connectivity index (χ4n) is 2.98. The summed E-state index contributed by atoms with van der Waals surface area (Å²) in [5.41, 5.74) is 1.15. The molecule has 1 aliphatic rings. The summed E-state index contributed by atoms with van der Waals surface area (Å²) in [6.07, 6.45) is 1.15. The first-order chi connectivity index (χ1) is 13.7. The van der Waals surface area contributed by atoms with Crippen LogP contribution in [0, 0.1) is 0 Å². The molecule has 8 nitrogen and oxygen atoms in total. The Morgan fingerprint density at radius 2 is 1.71 bits per heavy atom. The Balaban J connectivity index is 1.29. The van der Waals surface area contributed by atoms with Gasteiger partial charge >= 0.3 is 6.09 Å². The first-order valence-corrected chi connectivity index (χ1v) is 8.96. The van der Waals surface area contributed by atoms with Gasteiger partial charge in [-0.05, 0) is 17.7 Å². The molecule has 0 N–H and O–H groups in total. The van der Waals surface area contributed by atoms with Crippen molar-refractivity contribution < 1.29 is 23.3 Å². The number of carbonyl (C=O) groups excluding carboxylic acids is 2. The third-order valence-electron chi connectivity index (χ3n) is 4.52. The molecule has 28 heavy (non-hydrogen) atoms. The van der Waals surface area contributed by atoms with Gasteiger partial charge in [0.2, 0.25) is 5.76 Å². The fraction of sp³-hybridized carbons (Fsp3) is 0.250. The zero-order valence-corrected chi connectivity index (χ0v) is 15.1. The zero-order chi connectivity index (χ0) is 19.3. The average molecular weight is 381 g/mol. The minimum absolute atomic E-state index is 0.214. The van der Waals surface area contributed by atoms with E-state index in [2.05, 4.69) is 5.16 Å². The predicted molar refractivity (Wildman–Crippen MR) is 98.3 cm³/mol. The van der Waals surface area contributed by atoms with Gasteiger partial charge in [-0.2, -0.15) is 0 Å². The molecule has 0 unspecified atom stereocenters. The molecule has 3 heterocycles. The summed E-state index contributed by atoms with van der Waals surface area (Å²) < 4.78 is 15.8. The topological polar surface area (TPSA) is 89.0 Å². The highest BCUT2D eigenvalue weighted by Crippen LogP contribution is 2.21. The van der Waals surface area contributed by atoms with Gasteiger partial charge in [0.05, 0.1) is 6.26 Å². The van der Waals surface area contributed by atoms with Crippen LogP contribution in [0.3, 0.4) is 0 Å². The van der Waals surface area contributed by atoms with Crippen LogP contribution in [-0.2, 0) is 11.3 Å². The quantitative estimate of drug-likeness (QED) is 0.690. The van der Waals surface area contributed by atoms with E-state index in [1.807, 2.05) is 30.3 Å². The molecule has 3 aromatic rings. The average Bonchev–Trinajstić information content (AvgIpc) is 3.44. The lowest BCUT2D eigenvalue weighted by Crippen LogP contribution is -2.50. The van der Waals surface area contributed by atoms with Gasteiger partial charge < -0.3 is 23.5 Å². The third-order valence-corrected chi connectivity index (χ3v) is 4.52. The molecule has 2 aromatic heterocycles.